The van der Waals surface area contributed by atoms with Crippen molar-refractivity contribution in [1.82, 2.24) is 0 Å². The highest BCUT2D eigenvalue weighted by Gasteiger charge is 2.11. The summed E-state index contributed by atoms with van der Waals surface area (Å²) < 4.78 is 5.46. The van der Waals surface area contributed by atoms with Crippen LogP contribution in [0.1, 0.15) is 11.1 Å². The van der Waals surface area contributed by atoms with Gasteiger partial charge in [-0.15, -0.1) is 0 Å². The van der Waals surface area contributed by atoms with Gasteiger partial charge < -0.3 is 14.9 Å². The first-order valence-corrected chi connectivity index (χ1v) is 7.06. The third kappa shape index (κ3) is 3.63. The maximum Gasteiger partial charge on any atom is 0.122 e. The number of aryl methyl sites for hydroxylation is 1. The zero-order valence-corrected chi connectivity index (χ0v) is 10.6. The van der Waals surface area contributed by atoms with Gasteiger partial charge in [0.15, 0.2) is 0 Å². The number of aliphatic hydroxyl groups is 2. The molecule has 0 radical (unpaired) electrons. The van der Waals surface area contributed by atoms with Gasteiger partial charge in [-0.05, 0) is 29.4 Å². The first-order chi connectivity index (χ1) is 8.29. The molecule has 3 nitrogen and oxygen atoms in total. The molecule has 0 saturated heterocycles. The van der Waals surface area contributed by atoms with Crippen LogP contribution in [0.15, 0.2) is 18.2 Å². The van der Waals surface area contributed by atoms with Crippen molar-refractivity contribution < 1.29 is 14.9 Å². The number of ether oxygens (including phenoxy) is 1. The van der Waals surface area contributed by atoms with Gasteiger partial charge in [-0.3, -0.25) is 0 Å². The van der Waals surface area contributed by atoms with E-state index in [0.717, 1.165) is 31.0 Å². The molecule has 0 bridgehead atoms. The lowest BCUT2D eigenvalue weighted by molar-refractivity contribution is 0.113. The lowest BCUT2D eigenvalue weighted by Gasteiger charge is -2.07. The van der Waals surface area contributed by atoms with Gasteiger partial charge in [0.1, 0.15) is 5.75 Å². The molecule has 1 heterocycles. The molecule has 2 rings (SSSR count). The van der Waals surface area contributed by atoms with Crippen LogP contribution in [0.5, 0.6) is 5.75 Å². The number of rotatable bonds is 6. The van der Waals surface area contributed by atoms with Crippen molar-refractivity contribution in [3.8, 4) is 5.75 Å². The molecule has 94 valence electrons. The van der Waals surface area contributed by atoms with E-state index in [1.807, 2.05) is 6.07 Å². The van der Waals surface area contributed by atoms with Crippen LogP contribution in [0.2, 0.25) is 0 Å². The van der Waals surface area contributed by atoms with Gasteiger partial charge in [0.2, 0.25) is 0 Å². The molecule has 4 heteroatoms. The summed E-state index contributed by atoms with van der Waals surface area (Å²) >= 11 is 1.67. The van der Waals surface area contributed by atoms with Gasteiger partial charge in [0, 0.05) is 12.2 Å². The van der Waals surface area contributed by atoms with Crippen molar-refractivity contribution in [3.63, 3.8) is 0 Å². The van der Waals surface area contributed by atoms with Crippen LogP contribution < -0.4 is 4.74 Å². The Morgan fingerprint density at radius 2 is 2.29 bits per heavy atom. The summed E-state index contributed by atoms with van der Waals surface area (Å²) in [5, 5.41) is 17.9. The molecule has 0 spiro atoms. The maximum absolute atomic E-state index is 9.19. The average molecular weight is 254 g/mol. The molecular formula is C13H18O3S. The number of hydrogen-bond donors (Lipinski definition) is 2. The van der Waals surface area contributed by atoms with Gasteiger partial charge in [0.25, 0.3) is 0 Å². The largest absolute Gasteiger partial charge is 0.493 e. The Kier molecular flexibility index (Phi) is 4.71. The van der Waals surface area contributed by atoms with E-state index in [1.165, 1.54) is 11.1 Å². The van der Waals surface area contributed by atoms with E-state index in [-0.39, 0.29) is 6.61 Å². The molecule has 1 unspecified atom stereocenters. The normalized spacial score (nSPS) is 15.4. The molecule has 0 saturated carbocycles. The van der Waals surface area contributed by atoms with Crippen LogP contribution in [-0.2, 0) is 12.8 Å². The molecule has 17 heavy (non-hydrogen) atoms. The average Bonchev–Trinajstić information content (AvgIpc) is 2.81. The van der Waals surface area contributed by atoms with Gasteiger partial charge in [-0.2, -0.15) is 11.8 Å². The van der Waals surface area contributed by atoms with Crippen molar-refractivity contribution in [2.24, 2.45) is 0 Å². The van der Waals surface area contributed by atoms with Crippen molar-refractivity contribution in [2.45, 2.75) is 18.9 Å². The maximum atomic E-state index is 9.19. The minimum Gasteiger partial charge on any atom is -0.493 e. The van der Waals surface area contributed by atoms with Crippen LogP contribution >= 0.6 is 11.8 Å². The molecule has 0 aromatic heterocycles. The lowest BCUT2D eigenvalue weighted by atomic mass is 10.1. The van der Waals surface area contributed by atoms with E-state index >= 15 is 0 Å². The fourth-order valence-electron chi connectivity index (χ4n) is 1.86. The van der Waals surface area contributed by atoms with E-state index in [9.17, 15) is 5.11 Å². The summed E-state index contributed by atoms with van der Waals surface area (Å²) in [6, 6.07) is 6.36. The Labute approximate surface area is 106 Å². The predicted octanol–water partition coefficient (Wildman–Crippen LogP) is 1.25. The lowest BCUT2D eigenvalue weighted by Crippen LogP contribution is -2.15. The number of fused-ring (bicyclic) bond motifs is 1. The van der Waals surface area contributed by atoms with Crippen LogP contribution in [0.25, 0.3) is 0 Å². The zero-order valence-electron chi connectivity index (χ0n) is 9.76. The van der Waals surface area contributed by atoms with Crippen LogP contribution in [0.4, 0.5) is 0 Å². The third-order valence-electron chi connectivity index (χ3n) is 2.81. The summed E-state index contributed by atoms with van der Waals surface area (Å²) in [6.07, 6.45) is 1.42. The van der Waals surface area contributed by atoms with Crippen molar-refractivity contribution >= 4 is 11.8 Å². The van der Waals surface area contributed by atoms with Crippen LogP contribution in [0.3, 0.4) is 0 Å². The molecule has 1 aromatic carbocycles. The van der Waals surface area contributed by atoms with E-state index < -0.39 is 6.10 Å². The molecule has 2 N–H and O–H groups in total. The Morgan fingerprint density at radius 3 is 3.12 bits per heavy atom. The smallest absolute Gasteiger partial charge is 0.122 e. The van der Waals surface area contributed by atoms with E-state index in [1.54, 1.807) is 11.8 Å². The van der Waals surface area contributed by atoms with Crippen molar-refractivity contribution in [2.75, 3.05) is 24.7 Å². The standard InChI is InChI=1S/C13H18O3S/c14-8-12(15)9-17-6-4-10-1-2-13-11(7-10)3-5-16-13/h1-2,7,12,14-15H,3-6,8-9H2. The monoisotopic (exact) mass is 254 g/mol. The quantitative estimate of drug-likeness (QED) is 0.750. The molecule has 1 aromatic rings. The number of hydrogen-bond acceptors (Lipinski definition) is 4. The van der Waals surface area contributed by atoms with Gasteiger partial charge in [-0.25, -0.2) is 0 Å². The molecule has 1 aliphatic rings. The van der Waals surface area contributed by atoms with Crippen molar-refractivity contribution in [3.05, 3.63) is 29.3 Å². The minimum atomic E-state index is -0.589. The summed E-state index contributed by atoms with van der Waals surface area (Å²) in [5.41, 5.74) is 2.63. The van der Waals surface area contributed by atoms with Crippen molar-refractivity contribution in [1.29, 1.82) is 0 Å². The number of benzene rings is 1. The second-order valence-electron chi connectivity index (χ2n) is 4.20. The summed E-state index contributed by atoms with van der Waals surface area (Å²) in [4.78, 5) is 0. The van der Waals surface area contributed by atoms with Gasteiger partial charge in [-0.1, -0.05) is 12.1 Å². The van der Waals surface area contributed by atoms with Crippen LogP contribution in [0, 0.1) is 0 Å². The Hall–Kier alpha value is -0.710. The van der Waals surface area contributed by atoms with Gasteiger partial charge in [0.05, 0.1) is 19.3 Å². The highest BCUT2D eigenvalue weighted by Crippen LogP contribution is 2.26. The fraction of sp³-hybridized carbons (Fsp3) is 0.538. The second kappa shape index (κ2) is 6.28. The SMILES string of the molecule is OCC(O)CSCCc1ccc2c(c1)CCO2. The van der Waals surface area contributed by atoms with E-state index in [0.29, 0.717) is 5.75 Å². The summed E-state index contributed by atoms with van der Waals surface area (Å²) in [7, 11) is 0. The summed E-state index contributed by atoms with van der Waals surface area (Å²) in [5.74, 6) is 2.60. The Morgan fingerprint density at radius 1 is 1.41 bits per heavy atom. The first-order valence-electron chi connectivity index (χ1n) is 5.91. The molecular weight excluding hydrogens is 236 g/mol. The van der Waals surface area contributed by atoms with E-state index in [4.69, 9.17) is 9.84 Å². The molecule has 0 aliphatic carbocycles. The zero-order chi connectivity index (χ0) is 12.1. The van der Waals surface area contributed by atoms with Gasteiger partial charge >= 0.3 is 0 Å². The second-order valence-corrected chi connectivity index (χ2v) is 5.35. The Bertz CT molecular complexity index is 368. The number of thioether (sulfide) groups is 1. The molecule has 0 fully saturated rings. The molecule has 1 atom stereocenters. The summed E-state index contributed by atoms with van der Waals surface area (Å²) in [6.45, 7) is 0.652. The topological polar surface area (TPSA) is 49.7 Å². The highest BCUT2D eigenvalue weighted by atomic mass is 32.2. The Balaban J connectivity index is 1.76. The third-order valence-corrected chi connectivity index (χ3v) is 3.92. The van der Waals surface area contributed by atoms with Crippen LogP contribution in [-0.4, -0.2) is 41.0 Å². The predicted molar refractivity (Wildman–Crippen MR) is 69.8 cm³/mol. The van der Waals surface area contributed by atoms with E-state index in [2.05, 4.69) is 12.1 Å². The first kappa shape index (κ1) is 12.7. The fourth-order valence-corrected chi connectivity index (χ4v) is 2.78. The molecule has 0 amide bonds. The number of aliphatic hydroxyl groups excluding tert-OH is 2. The minimum absolute atomic E-state index is 0.150. The highest BCUT2D eigenvalue weighted by molar-refractivity contribution is 7.99. The molecule has 1 aliphatic heterocycles.